The van der Waals surface area contributed by atoms with Crippen LogP contribution in [0.4, 0.5) is 0 Å². The molecule has 7 heteroatoms. The standard InChI is InChI=1S/C26H19N3O4/c1-32-19-11-9-17(10-12-19)23-15-21(20-6-2-3-7-22(20)28-23)26(31)33-16-18-14-25(30)29-13-5-4-8-24(29)27-18/h2-15H,16H2,1H3. The lowest BCUT2D eigenvalue weighted by Crippen LogP contribution is -2.16. The zero-order valence-electron chi connectivity index (χ0n) is 17.8. The fourth-order valence-electron chi connectivity index (χ4n) is 3.65. The number of esters is 1. The van der Waals surface area contributed by atoms with Gasteiger partial charge in [-0.2, -0.15) is 0 Å². The van der Waals surface area contributed by atoms with Gasteiger partial charge >= 0.3 is 5.97 Å². The van der Waals surface area contributed by atoms with Crippen LogP contribution in [-0.4, -0.2) is 27.4 Å². The van der Waals surface area contributed by atoms with E-state index in [2.05, 4.69) is 4.98 Å². The topological polar surface area (TPSA) is 82.8 Å². The van der Waals surface area contributed by atoms with Crippen molar-refractivity contribution in [2.75, 3.05) is 7.11 Å². The van der Waals surface area contributed by atoms with E-state index in [4.69, 9.17) is 14.5 Å². The molecule has 5 aromatic rings. The van der Waals surface area contributed by atoms with E-state index in [1.54, 1.807) is 37.6 Å². The van der Waals surface area contributed by atoms with Crippen molar-refractivity contribution in [1.82, 2.24) is 14.4 Å². The van der Waals surface area contributed by atoms with Gasteiger partial charge in [-0.25, -0.2) is 14.8 Å². The largest absolute Gasteiger partial charge is 0.497 e. The van der Waals surface area contributed by atoms with Gasteiger partial charge in [0.25, 0.3) is 5.56 Å². The van der Waals surface area contributed by atoms with Crippen molar-refractivity contribution in [3.05, 3.63) is 107 Å². The molecule has 33 heavy (non-hydrogen) atoms. The molecule has 0 saturated carbocycles. The Morgan fingerprint density at radius 2 is 1.73 bits per heavy atom. The monoisotopic (exact) mass is 437 g/mol. The number of hydrogen-bond acceptors (Lipinski definition) is 6. The summed E-state index contributed by atoms with van der Waals surface area (Å²) in [5.41, 5.74) is 3.21. The number of benzene rings is 2. The first kappa shape index (κ1) is 20.4. The molecule has 5 rings (SSSR count). The Bertz CT molecular complexity index is 1540. The predicted octanol–water partition coefficient (Wildman–Crippen LogP) is 4.28. The van der Waals surface area contributed by atoms with Crippen LogP contribution in [-0.2, 0) is 11.3 Å². The molecule has 0 fully saturated rings. The van der Waals surface area contributed by atoms with Crippen LogP contribution in [0.3, 0.4) is 0 Å². The third kappa shape index (κ3) is 4.04. The minimum Gasteiger partial charge on any atom is -0.497 e. The third-order valence-corrected chi connectivity index (χ3v) is 5.30. The maximum Gasteiger partial charge on any atom is 0.339 e. The van der Waals surface area contributed by atoms with Gasteiger partial charge in [-0.3, -0.25) is 9.20 Å². The molecular weight excluding hydrogens is 418 g/mol. The number of ether oxygens (including phenoxy) is 2. The van der Waals surface area contributed by atoms with E-state index in [0.29, 0.717) is 33.5 Å². The molecule has 162 valence electrons. The summed E-state index contributed by atoms with van der Waals surface area (Å²) in [6, 6.07) is 23.2. The van der Waals surface area contributed by atoms with E-state index in [1.807, 2.05) is 48.5 Å². The quantitative estimate of drug-likeness (QED) is 0.382. The Labute approximate surface area is 188 Å². The molecule has 0 unspecified atom stereocenters. The van der Waals surface area contributed by atoms with E-state index < -0.39 is 5.97 Å². The van der Waals surface area contributed by atoms with E-state index >= 15 is 0 Å². The molecule has 0 aliphatic rings. The molecule has 2 aromatic carbocycles. The Kier molecular flexibility index (Phi) is 5.28. The van der Waals surface area contributed by atoms with Crippen LogP contribution in [0.25, 0.3) is 27.8 Å². The van der Waals surface area contributed by atoms with E-state index in [1.165, 1.54) is 10.5 Å². The predicted molar refractivity (Wildman–Crippen MR) is 124 cm³/mol. The summed E-state index contributed by atoms with van der Waals surface area (Å²) in [6.45, 7) is -0.117. The molecule has 0 radical (unpaired) electrons. The highest BCUT2D eigenvalue weighted by Gasteiger charge is 2.16. The summed E-state index contributed by atoms with van der Waals surface area (Å²) >= 11 is 0. The number of nitrogens with zero attached hydrogens (tertiary/aromatic N) is 3. The zero-order valence-corrected chi connectivity index (χ0v) is 17.8. The number of rotatable bonds is 5. The summed E-state index contributed by atoms with van der Waals surface area (Å²) in [6.07, 6.45) is 1.64. The van der Waals surface area contributed by atoms with Gasteiger partial charge < -0.3 is 9.47 Å². The highest BCUT2D eigenvalue weighted by atomic mass is 16.5. The lowest BCUT2D eigenvalue weighted by Gasteiger charge is -2.11. The van der Waals surface area contributed by atoms with Crippen molar-refractivity contribution in [3.8, 4) is 17.0 Å². The van der Waals surface area contributed by atoms with Crippen molar-refractivity contribution in [2.45, 2.75) is 6.61 Å². The van der Waals surface area contributed by atoms with Crippen LogP contribution in [0, 0.1) is 0 Å². The molecule has 0 N–H and O–H groups in total. The highest BCUT2D eigenvalue weighted by molar-refractivity contribution is 6.04. The number of hydrogen-bond donors (Lipinski definition) is 0. The minimum atomic E-state index is -0.515. The fraction of sp³-hybridized carbons (Fsp3) is 0.0769. The molecule has 0 saturated heterocycles. The number of para-hydroxylation sites is 1. The second-order valence-corrected chi connectivity index (χ2v) is 7.39. The van der Waals surface area contributed by atoms with Crippen LogP contribution in [0.2, 0.25) is 0 Å². The number of fused-ring (bicyclic) bond motifs is 2. The van der Waals surface area contributed by atoms with Crippen molar-refractivity contribution in [1.29, 1.82) is 0 Å². The van der Waals surface area contributed by atoms with E-state index in [9.17, 15) is 9.59 Å². The average molecular weight is 437 g/mol. The minimum absolute atomic E-state index is 0.117. The van der Waals surface area contributed by atoms with E-state index in [0.717, 1.165) is 11.3 Å². The van der Waals surface area contributed by atoms with Gasteiger partial charge in [0.05, 0.1) is 29.6 Å². The Hall–Kier alpha value is -4.52. The van der Waals surface area contributed by atoms with Crippen LogP contribution >= 0.6 is 0 Å². The summed E-state index contributed by atoms with van der Waals surface area (Å²) in [5, 5.41) is 0.686. The SMILES string of the molecule is COc1ccc(-c2cc(C(=O)OCc3cc(=O)n4ccccc4n3)c3ccccc3n2)cc1. The van der Waals surface area contributed by atoms with Gasteiger partial charge in [-0.1, -0.05) is 24.3 Å². The lowest BCUT2D eigenvalue weighted by atomic mass is 10.0. The van der Waals surface area contributed by atoms with Gasteiger partial charge in [0, 0.05) is 23.2 Å². The maximum atomic E-state index is 13.1. The van der Waals surface area contributed by atoms with Crippen molar-refractivity contribution in [2.24, 2.45) is 0 Å². The van der Waals surface area contributed by atoms with Gasteiger partial charge in [0.1, 0.15) is 18.0 Å². The number of pyridine rings is 2. The highest BCUT2D eigenvalue weighted by Crippen LogP contribution is 2.27. The summed E-state index contributed by atoms with van der Waals surface area (Å²) < 4.78 is 12.2. The molecule has 3 heterocycles. The molecule has 0 aliphatic carbocycles. The molecule has 3 aromatic heterocycles. The zero-order chi connectivity index (χ0) is 22.8. The normalized spacial score (nSPS) is 10.9. The van der Waals surface area contributed by atoms with Gasteiger partial charge in [-0.15, -0.1) is 0 Å². The number of aromatic nitrogens is 3. The molecule has 0 bridgehead atoms. The van der Waals surface area contributed by atoms with Crippen LogP contribution in [0.15, 0.2) is 89.9 Å². The molecular formula is C26H19N3O4. The lowest BCUT2D eigenvalue weighted by molar-refractivity contribution is 0.0470. The number of carbonyl (C=O) groups is 1. The van der Waals surface area contributed by atoms with Crippen molar-refractivity contribution >= 4 is 22.5 Å². The molecule has 0 atom stereocenters. The van der Waals surface area contributed by atoms with Crippen LogP contribution < -0.4 is 10.3 Å². The van der Waals surface area contributed by atoms with Crippen LogP contribution in [0.1, 0.15) is 16.1 Å². The van der Waals surface area contributed by atoms with Gasteiger partial charge in [0.15, 0.2) is 0 Å². The maximum absolute atomic E-state index is 13.1. The average Bonchev–Trinajstić information content (AvgIpc) is 2.86. The number of methoxy groups -OCH3 is 1. The van der Waals surface area contributed by atoms with Crippen molar-refractivity contribution < 1.29 is 14.3 Å². The molecule has 0 aliphatic heterocycles. The van der Waals surface area contributed by atoms with E-state index in [-0.39, 0.29) is 12.2 Å². The Balaban J connectivity index is 1.48. The number of carbonyl (C=O) groups excluding carboxylic acids is 1. The summed E-state index contributed by atoms with van der Waals surface area (Å²) in [5.74, 6) is 0.219. The summed E-state index contributed by atoms with van der Waals surface area (Å²) in [4.78, 5) is 34.5. The fourth-order valence-corrected chi connectivity index (χ4v) is 3.65. The Morgan fingerprint density at radius 3 is 2.55 bits per heavy atom. The van der Waals surface area contributed by atoms with Crippen molar-refractivity contribution in [3.63, 3.8) is 0 Å². The first-order valence-electron chi connectivity index (χ1n) is 10.3. The molecule has 0 spiro atoms. The second kappa shape index (κ2) is 8.55. The third-order valence-electron chi connectivity index (χ3n) is 5.30. The molecule has 0 amide bonds. The van der Waals surface area contributed by atoms with Crippen LogP contribution in [0.5, 0.6) is 5.75 Å². The van der Waals surface area contributed by atoms with Gasteiger partial charge in [0.2, 0.25) is 0 Å². The smallest absolute Gasteiger partial charge is 0.339 e. The Morgan fingerprint density at radius 1 is 0.939 bits per heavy atom. The molecule has 7 nitrogen and oxygen atoms in total. The second-order valence-electron chi connectivity index (χ2n) is 7.39. The van der Waals surface area contributed by atoms with Gasteiger partial charge in [-0.05, 0) is 48.5 Å². The first-order valence-corrected chi connectivity index (χ1v) is 10.3. The summed E-state index contributed by atoms with van der Waals surface area (Å²) in [7, 11) is 1.61. The first-order chi connectivity index (χ1) is 16.1.